The van der Waals surface area contributed by atoms with Crippen molar-refractivity contribution in [3.63, 3.8) is 0 Å². The standard InChI is InChI=1S/C10H13N3O4S/c1-5-12-4-7(18-5)9(15)13-6(10(16)17)2-3-8(11)14/h4,6H,2-3H2,1H3,(H2,11,14)(H,13,15)(H,16,17)/t6-/m1/s1. The summed E-state index contributed by atoms with van der Waals surface area (Å²) in [5.41, 5.74) is 4.93. The molecule has 1 aromatic heterocycles. The zero-order chi connectivity index (χ0) is 13.7. The van der Waals surface area contributed by atoms with Crippen LogP contribution in [-0.4, -0.2) is 33.9 Å². The summed E-state index contributed by atoms with van der Waals surface area (Å²) in [7, 11) is 0. The quantitative estimate of drug-likeness (QED) is 0.666. The van der Waals surface area contributed by atoms with Crippen LogP contribution in [0.25, 0.3) is 0 Å². The van der Waals surface area contributed by atoms with Crippen LogP contribution in [0.1, 0.15) is 27.5 Å². The fraction of sp³-hybridized carbons (Fsp3) is 0.400. The number of amides is 2. The van der Waals surface area contributed by atoms with Crippen molar-refractivity contribution in [2.24, 2.45) is 5.73 Å². The van der Waals surface area contributed by atoms with E-state index in [0.29, 0.717) is 9.88 Å². The largest absolute Gasteiger partial charge is 0.480 e. The van der Waals surface area contributed by atoms with E-state index < -0.39 is 23.8 Å². The Morgan fingerprint density at radius 2 is 2.22 bits per heavy atom. The molecule has 4 N–H and O–H groups in total. The maximum Gasteiger partial charge on any atom is 0.326 e. The van der Waals surface area contributed by atoms with Gasteiger partial charge in [-0.2, -0.15) is 0 Å². The summed E-state index contributed by atoms with van der Waals surface area (Å²) in [5.74, 6) is -2.33. The number of nitrogens with two attached hydrogens (primary N) is 1. The molecule has 0 aromatic carbocycles. The second kappa shape index (κ2) is 6.10. The Labute approximate surface area is 107 Å². The second-order valence-corrected chi connectivity index (χ2v) is 4.85. The van der Waals surface area contributed by atoms with Gasteiger partial charge in [0.05, 0.1) is 11.2 Å². The van der Waals surface area contributed by atoms with Crippen LogP contribution in [0.5, 0.6) is 0 Å². The van der Waals surface area contributed by atoms with Crippen molar-refractivity contribution in [3.05, 3.63) is 16.1 Å². The van der Waals surface area contributed by atoms with Crippen LogP contribution in [-0.2, 0) is 9.59 Å². The van der Waals surface area contributed by atoms with Crippen molar-refractivity contribution >= 4 is 29.1 Å². The molecule has 98 valence electrons. The Morgan fingerprint density at radius 1 is 1.56 bits per heavy atom. The van der Waals surface area contributed by atoms with E-state index in [2.05, 4.69) is 10.3 Å². The normalized spacial score (nSPS) is 11.8. The minimum atomic E-state index is -1.20. The van der Waals surface area contributed by atoms with Crippen molar-refractivity contribution in [2.45, 2.75) is 25.8 Å². The van der Waals surface area contributed by atoms with Gasteiger partial charge in [0.25, 0.3) is 5.91 Å². The van der Waals surface area contributed by atoms with Gasteiger partial charge in [-0.15, -0.1) is 11.3 Å². The van der Waals surface area contributed by atoms with Crippen LogP contribution in [0.2, 0.25) is 0 Å². The summed E-state index contributed by atoms with van der Waals surface area (Å²) >= 11 is 1.17. The SMILES string of the molecule is Cc1ncc(C(=O)N[C@H](CCC(N)=O)C(=O)O)s1. The van der Waals surface area contributed by atoms with Gasteiger partial charge < -0.3 is 16.2 Å². The molecule has 7 nitrogen and oxygen atoms in total. The van der Waals surface area contributed by atoms with Crippen molar-refractivity contribution in [1.82, 2.24) is 10.3 Å². The molecular weight excluding hydrogens is 258 g/mol. The molecule has 2 amide bonds. The Bertz CT molecular complexity index is 471. The lowest BCUT2D eigenvalue weighted by molar-refractivity contribution is -0.139. The summed E-state index contributed by atoms with van der Waals surface area (Å²) in [6.07, 6.45) is 1.25. The van der Waals surface area contributed by atoms with Gasteiger partial charge in [-0.25, -0.2) is 9.78 Å². The topological polar surface area (TPSA) is 122 Å². The molecule has 1 atom stereocenters. The third kappa shape index (κ3) is 4.13. The van der Waals surface area contributed by atoms with Crippen molar-refractivity contribution < 1.29 is 19.5 Å². The number of nitrogens with zero attached hydrogens (tertiary/aromatic N) is 1. The summed E-state index contributed by atoms with van der Waals surface area (Å²) < 4.78 is 0. The molecule has 0 spiro atoms. The number of rotatable bonds is 6. The lowest BCUT2D eigenvalue weighted by Crippen LogP contribution is -2.41. The second-order valence-electron chi connectivity index (χ2n) is 3.61. The number of carbonyl (C=O) groups is 3. The molecule has 0 aliphatic carbocycles. The molecule has 0 fully saturated rings. The molecule has 0 unspecified atom stereocenters. The summed E-state index contributed by atoms with van der Waals surface area (Å²) in [6, 6.07) is -1.13. The van der Waals surface area contributed by atoms with Crippen LogP contribution >= 0.6 is 11.3 Å². The summed E-state index contributed by atoms with van der Waals surface area (Å²) in [5, 5.41) is 11.9. The van der Waals surface area contributed by atoms with Gasteiger partial charge in [-0.05, 0) is 13.3 Å². The third-order valence-corrected chi connectivity index (χ3v) is 3.04. The van der Waals surface area contributed by atoms with Gasteiger partial charge in [0.1, 0.15) is 10.9 Å². The van der Waals surface area contributed by atoms with Gasteiger partial charge in [-0.1, -0.05) is 0 Å². The maximum absolute atomic E-state index is 11.7. The fourth-order valence-electron chi connectivity index (χ4n) is 1.24. The predicted molar refractivity (Wildman–Crippen MR) is 64.2 cm³/mol. The Morgan fingerprint density at radius 3 is 2.67 bits per heavy atom. The summed E-state index contributed by atoms with van der Waals surface area (Å²) in [4.78, 5) is 37.4. The highest BCUT2D eigenvalue weighted by atomic mass is 32.1. The highest BCUT2D eigenvalue weighted by Gasteiger charge is 2.22. The summed E-state index contributed by atoms with van der Waals surface area (Å²) in [6.45, 7) is 1.74. The molecule has 0 saturated carbocycles. The molecule has 0 saturated heterocycles. The molecule has 0 radical (unpaired) electrons. The molecule has 8 heteroatoms. The smallest absolute Gasteiger partial charge is 0.326 e. The molecule has 18 heavy (non-hydrogen) atoms. The van der Waals surface area contributed by atoms with Crippen molar-refractivity contribution in [2.75, 3.05) is 0 Å². The third-order valence-electron chi connectivity index (χ3n) is 2.13. The average molecular weight is 271 g/mol. The number of aromatic nitrogens is 1. The minimum Gasteiger partial charge on any atom is -0.480 e. The zero-order valence-corrected chi connectivity index (χ0v) is 10.5. The fourth-order valence-corrected chi connectivity index (χ4v) is 1.92. The van der Waals surface area contributed by atoms with Crippen molar-refractivity contribution in [1.29, 1.82) is 0 Å². The molecule has 1 aromatic rings. The first-order chi connectivity index (χ1) is 8.40. The number of aryl methyl sites for hydroxylation is 1. The number of hydrogen-bond acceptors (Lipinski definition) is 5. The number of hydrogen-bond donors (Lipinski definition) is 3. The number of carboxylic acids is 1. The molecule has 0 aliphatic heterocycles. The maximum atomic E-state index is 11.7. The lowest BCUT2D eigenvalue weighted by Gasteiger charge is -2.12. The molecule has 1 heterocycles. The van der Waals surface area contributed by atoms with Crippen LogP contribution in [0.15, 0.2) is 6.20 Å². The van der Waals surface area contributed by atoms with Gasteiger partial charge in [0.15, 0.2) is 0 Å². The molecule has 0 aliphatic rings. The lowest BCUT2D eigenvalue weighted by atomic mass is 10.1. The van der Waals surface area contributed by atoms with Crippen LogP contribution < -0.4 is 11.1 Å². The number of carboxylic acid groups (broad SMARTS) is 1. The number of thiazole rings is 1. The van der Waals surface area contributed by atoms with Gasteiger partial charge in [-0.3, -0.25) is 9.59 Å². The average Bonchev–Trinajstić information content (AvgIpc) is 2.70. The Hall–Kier alpha value is -1.96. The van der Waals surface area contributed by atoms with Gasteiger partial charge in [0, 0.05) is 6.42 Å². The first kappa shape index (κ1) is 14.1. The van der Waals surface area contributed by atoms with E-state index in [1.807, 2.05) is 0 Å². The Balaban J connectivity index is 2.63. The van der Waals surface area contributed by atoms with E-state index >= 15 is 0 Å². The van der Waals surface area contributed by atoms with Gasteiger partial charge in [0.2, 0.25) is 5.91 Å². The first-order valence-electron chi connectivity index (χ1n) is 5.14. The van der Waals surface area contributed by atoms with Crippen LogP contribution in [0.4, 0.5) is 0 Å². The number of nitrogens with one attached hydrogen (secondary N) is 1. The highest BCUT2D eigenvalue weighted by Crippen LogP contribution is 2.11. The van der Waals surface area contributed by atoms with E-state index in [0.717, 1.165) is 0 Å². The van der Waals surface area contributed by atoms with Crippen LogP contribution in [0, 0.1) is 6.92 Å². The number of carbonyl (C=O) groups excluding carboxylic acids is 2. The van der Waals surface area contributed by atoms with E-state index in [9.17, 15) is 14.4 Å². The van der Waals surface area contributed by atoms with E-state index in [1.165, 1.54) is 17.5 Å². The molecule has 0 bridgehead atoms. The first-order valence-corrected chi connectivity index (χ1v) is 5.96. The predicted octanol–water partition coefficient (Wildman–Crippen LogP) is -0.1000. The van der Waals surface area contributed by atoms with Gasteiger partial charge >= 0.3 is 5.97 Å². The number of aliphatic carboxylic acids is 1. The van der Waals surface area contributed by atoms with Crippen molar-refractivity contribution in [3.8, 4) is 0 Å². The highest BCUT2D eigenvalue weighted by molar-refractivity contribution is 7.13. The van der Waals surface area contributed by atoms with E-state index in [1.54, 1.807) is 6.92 Å². The minimum absolute atomic E-state index is 0.0335. The monoisotopic (exact) mass is 271 g/mol. The van der Waals surface area contributed by atoms with Crippen LogP contribution in [0.3, 0.4) is 0 Å². The zero-order valence-electron chi connectivity index (χ0n) is 9.67. The Kier molecular flexibility index (Phi) is 4.78. The number of primary amides is 1. The molecular formula is C10H13N3O4S. The molecule has 1 rings (SSSR count). The van der Waals surface area contributed by atoms with E-state index in [4.69, 9.17) is 10.8 Å². The van der Waals surface area contributed by atoms with E-state index in [-0.39, 0.29) is 12.8 Å².